The molecule has 116 valence electrons. The van der Waals surface area contributed by atoms with E-state index in [1.165, 1.54) is 12.8 Å². The zero-order valence-electron chi connectivity index (χ0n) is 13.1. The molecule has 0 spiro atoms. The van der Waals surface area contributed by atoms with E-state index in [4.69, 9.17) is 16.3 Å². The molecule has 4 heteroatoms. The summed E-state index contributed by atoms with van der Waals surface area (Å²) in [6.45, 7) is 9.10. The summed E-state index contributed by atoms with van der Waals surface area (Å²) >= 11 is 6.17. The molecule has 0 amide bonds. The maximum Gasteiger partial charge on any atom is 0.180 e. The molecule has 1 aromatic carbocycles. The van der Waals surface area contributed by atoms with Crippen LogP contribution < -0.4 is 4.74 Å². The van der Waals surface area contributed by atoms with Crippen LogP contribution in [0.2, 0.25) is 5.02 Å². The second-order valence-corrected chi connectivity index (χ2v) is 6.32. The number of Topliss-reactive ketones (excluding diaryl/α,β-unsaturated/α-hetero) is 1. The van der Waals surface area contributed by atoms with Crippen molar-refractivity contribution in [3.63, 3.8) is 0 Å². The topological polar surface area (TPSA) is 29.5 Å². The maximum atomic E-state index is 12.6. The van der Waals surface area contributed by atoms with Crippen molar-refractivity contribution < 1.29 is 9.53 Å². The van der Waals surface area contributed by atoms with E-state index in [-0.39, 0.29) is 5.78 Å². The van der Waals surface area contributed by atoms with E-state index in [0.29, 0.717) is 29.5 Å². The number of nitrogens with zero attached hydrogens (tertiary/aromatic N) is 1. The lowest BCUT2D eigenvalue weighted by molar-refractivity contribution is 0.0896. The van der Waals surface area contributed by atoms with Gasteiger partial charge in [-0.2, -0.15) is 0 Å². The highest BCUT2D eigenvalue weighted by Crippen LogP contribution is 2.28. The van der Waals surface area contributed by atoms with E-state index >= 15 is 0 Å². The largest absolute Gasteiger partial charge is 0.493 e. The molecule has 0 bridgehead atoms. The summed E-state index contributed by atoms with van der Waals surface area (Å²) in [4.78, 5) is 14.8. The summed E-state index contributed by atoms with van der Waals surface area (Å²) in [5.74, 6) is 1.51. The van der Waals surface area contributed by atoms with Gasteiger partial charge in [0.1, 0.15) is 5.75 Å². The summed E-state index contributed by atoms with van der Waals surface area (Å²) in [5.41, 5.74) is 1.54. The van der Waals surface area contributed by atoms with Gasteiger partial charge in [0.05, 0.1) is 18.7 Å². The summed E-state index contributed by atoms with van der Waals surface area (Å²) < 4.78 is 5.60. The number of hydrogen-bond donors (Lipinski definition) is 0. The number of rotatable bonds is 5. The molecule has 1 aliphatic rings. The molecule has 0 atom stereocenters. The molecule has 21 heavy (non-hydrogen) atoms. The van der Waals surface area contributed by atoms with Crippen molar-refractivity contribution in [2.45, 2.75) is 33.6 Å². The van der Waals surface area contributed by atoms with Gasteiger partial charge in [0.2, 0.25) is 0 Å². The van der Waals surface area contributed by atoms with Crippen LogP contribution in [0.5, 0.6) is 5.75 Å². The van der Waals surface area contributed by atoms with Gasteiger partial charge in [-0.15, -0.1) is 0 Å². The second kappa shape index (κ2) is 7.28. The van der Waals surface area contributed by atoms with Crippen LogP contribution in [-0.4, -0.2) is 36.9 Å². The number of halogens is 1. The zero-order valence-corrected chi connectivity index (χ0v) is 13.9. The van der Waals surface area contributed by atoms with Crippen molar-refractivity contribution in [1.29, 1.82) is 0 Å². The number of ether oxygens (including phenoxy) is 1. The molecule has 1 aliphatic heterocycles. The first-order valence-electron chi connectivity index (χ1n) is 7.69. The Labute approximate surface area is 132 Å². The molecular formula is C17H24ClNO2. The first kappa shape index (κ1) is 16.3. The monoisotopic (exact) mass is 309 g/mol. The Balaban J connectivity index is 2.12. The van der Waals surface area contributed by atoms with Gasteiger partial charge < -0.3 is 4.74 Å². The van der Waals surface area contributed by atoms with Gasteiger partial charge >= 0.3 is 0 Å². The molecule has 0 N–H and O–H groups in total. The van der Waals surface area contributed by atoms with Crippen molar-refractivity contribution in [3.05, 3.63) is 28.3 Å². The average Bonchev–Trinajstić information content (AvgIpc) is 2.45. The highest BCUT2D eigenvalue weighted by atomic mass is 35.5. The van der Waals surface area contributed by atoms with Gasteiger partial charge in [-0.25, -0.2) is 0 Å². The number of piperidine rings is 1. The van der Waals surface area contributed by atoms with Gasteiger partial charge in [-0.1, -0.05) is 18.5 Å². The van der Waals surface area contributed by atoms with Crippen LogP contribution in [-0.2, 0) is 0 Å². The number of hydrogen-bond acceptors (Lipinski definition) is 3. The predicted octanol–water partition coefficient (Wildman–Crippen LogP) is 3.96. The van der Waals surface area contributed by atoms with E-state index in [2.05, 4.69) is 11.8 Å². The lowest BCUT2D eigenvalue weighted by atomic mass is 9.98. The molecule has 0 radical (unpaired) electrons. The number of benzene rings is 1. The number of carbonyl (C=O) groups excluding carboxylic acids is 1. The van der Waals surface area contributed by atoms with Crippen LogP contribution in [0.3, 0.4) is 0 Å². The fourth-order valence-corrected chi connectivity index (χ4v) is 2.82. The Hall–Kier alpha value is -1.06. The van der Waals surface area contributed by atoms with Gasteiger partial charge in [0.15, 0.2) is 5.78 Å². The molecule has 1 saturated heterocycles. The van der Waals surface area contributed by atoms with E-state index < -0.39 is 0 Å². The fourth-order valence-electron chi connectivity index (χ4n) is 2.66. The van der Waals surface area contributed by atoms with Gasteiger partial charge in [-0.05, 0) is 63.4 Å². The van der Waals surface area contributed by atoms with Crippen molar-refractivity contribution >= 4 is 17.4 Å². The molecule has 0 saturated carbocycles. The number of carbonyl (C=O) groups is 1. The number of ketones is 1. The van der Waals surface area contributed by atoms with Crippen LogP contribution in [0.25, 0.3) is 0 Å². The van der Waals surface area contributed by atoms with Crippen LogP contribution >= 0.6 is 11.6 Å². The molecule has 0 unspecified atom stereocenters. The zero-order chi connectivity index (χ0) is 15.4. The molecule has 1 aromatic rings. The summed E-state index contributed by atoms with van der Waals surface area (Å²) in [7, 11) is 0. The molecule has 0 aromatic heterocycles. The third-order valence-corrected chi connectivity index (χ3v) is 4.51. The van der Waals surface area contributed by atoms with Gasteiger partial charge in [0.25, 0.3) is 0 Å². The van der Waals surface area contributed by atoms with Crippen molar-refractivity contribution in [2.75, 3.05) is 26.2 Å². The van der Waals surface area contributed by atoms with Crippen LogP contribution in [0, 0.1) is 12.8 Å². The van der Waals surface area contributed by atoms with Gasteiger partial charge in [0, 0.05) is 5.02 Å². The fraction of sp³-hybridized carbons (Fsp3) is 0.588. The average molecular weight is 310 g/mol. The lowest BCUT2D eigenvalue weighted by Gasteiger charge is -2.29. The maximum absolute atomic E-state index is 12.6. The smallest absolute Gasteiger partial charge is 0.180 e. The molecular weight excluding hydrogens is 286 g/mol. The van der Waals surface area contributed by atoms with Crippen molar-refractivity contribution in [2.24, 2.45) is 5.92 Å². The lowest BCUT2D eigenvalue weighted by Crippen LogP contribution is -2.36. The Morgan fingerprint density at radius 2 is 2.05 bits per heavy atom. The Morgan fingerprint density at radius 1 is 1.38 bits per heavy atom. The minimum absolute atomic E-state index is 0.0925. The SMILES string of the molecule is CCOc1cc(C)c(Cl)cc1C(=O)CN1CCC(C)CC1. The molecule has 0 aliphatic carbocycles. The molecule has 1 fully saturated rings. The predicted molar refractivity (Wildman–Crippen MR) is 86.5 cm³/mol. The van der Waals surface area contributed by atoms with Crippen molar-refractivity contribution in [3.8, 4) is 5.75 Å². The van der Waals surface area contributed by atoms with Crippen LogP contribution in [0.4, 0.5) is 0 Å². The summed E-state index contributed by atoms with van der Waals surface area (Å²) in [6, 6.07) is 3.61. The van der Waals surface area contributed by atoms with Crippen LogP contribution in [0.15, 0.2) is 12.1 Å². The van der Waals surface area contributed by atoms with E-state index in [9.17, 15) is 4.79 Å². The standard InChI is InChI=1S/C17H24ClNO2/c1-4-21-17-9-13(3)15(18)10-14(17)16(20)11-19-7-5-12(2)6-8-19/h9-10,12H,4-8,11H2,1-3H3. The highest BCUT2D eigenvalue weighted by Gasteiger charge is 2.21. The van der Waals surface area contributed by atoms with E-state index in [1.807, 2.05) is 19.9 Å². The van der Waals surface area contributed by atoms with Crippen molar-refractivity contribution in [1.82, 2.24) is 4.90 Å². The summed E-state index contributed by atoms with van der Waals surface area (Å²) in [5, 5.41) is 0.620. The molecule has 2 rings (SSSR count). The quantitative estimate of drug-likeness (QED) is 0.771. The third-order valence-electron chi connectivity index (χ3n) is 4.10. The van der Waals surface area contributed by atoms with Gasteiger partial charge in [-0.3, -0.25) is 9.69 Å². The first-order valence-corrected chi connectivity index (χ1v) is 8.07. The normalized spacial score (nSPS) is 17.0. The second-order valence-electron chi connectivity index (χ2n) is 5.91. The molecule has 3 nitrogen and oxygen atoms in total. The first-order chi connectivity index (χ1) is 10.0. The van der Waals surface area contributed by atoms with E-state index in [0.717, 1.165) is 24.6 Å². The summed E-state index contributed by atoms with van der Waals surface area (Å²) in [6.07, 6.45) is 2.33. The Bertz CT molecular complexity index is 508. The van der Waals surface area contributed by atoms with E-state index in [1.54, 1.807) is 6.07 Å². The Kier molecular flexibility index (Phi) is 5.65. The minimum Gasteiger partial charge on any atom is -0.493 e. The highest BCUT2D eigenvalue weighted by molar-refractivity contribution is 6.31. The number of aryl methyl sites for hydroxylation is 1. The third kappa shape index (κ3) is 4.21. The molecule has 1 heterocycles. The Morgan fingerprint density at radius 3 is 2.67 bits per heavy atom. The minimum atomic E-state index is 0.0925. The number of likely N-dealkylation sites (tertiary alicyclic amines) is 1. The van der Waals surface area contributed by atoms with Crippen LogP contribution in [0.1, 0.15) is 42.6 Å².